The Morgan fingerprint density at radius 1 is 1.57 bits per heavy atom. The topological polar surface area (TPSA) is 75.0 Å². The molecule has 0 radical (unpaired) electrons. The van der Waals surface area contributed by atoms with Gasteiger partial charge in [0.1, 0.15) is 5.82 Å². The van der Waals surface area contributed by atoms with Gasteiger partial charge in [-0.15, -0.1) is 11.3 Å². The summed E-state index contributed by atoms with van der Waals surface area (Å²) in [5.41, 5.74) is 1.04. The van der Waals surface area contributed by atoms with Crippen molar-refractivity contribution in [2.75, 3.05) is 11.9 Å². The van der Waals surface area contributed by atoms with Crippen LogP contribution in [0, 0.1) is 17.1 Å². The maximum absolute atomic E-state index is 13.7. The Kier molecular flexibility index (Phi) is 4.85. The normalized spacial score (nSPS) is 9.95. The molecule has 0 amide bonds. The lowest BCUT2D eigenvalue weighted by Gasteiger charge is -2.04. The lowest BCUT2D eigenvalue weighted by molar-refractivity contribution is -0.142. The number of nitrogens with one attached hydrogen (secondary N) is 1. The van der Waals surface area contributed by atoms with Crippen LogP contribution in [0.15, 0.2) is 23.6 Å². The monoisotopic (exact) mass is 305 g/mol. The molecule has 0 saturated heterocycles. The van der Waals surface area contributed by atoms with E-state index in [-0.39, 0.29) is 23.6 Å². The maximum atomic E-state index is 13.7. The summed E-state index contributed by atoms with van der Waals surface area (Å²) in [6.45, 7) is 2.06. The molecule has 21 heavy (non-hydrogen) atoms. The van der Waals surface area contributed by atoms with Crippen molar-refractivity contribution in [1.29, 1.82) is 5.26 Å². The highest BCUT2D eigenvalue weighted by molar-refractivity contribution is 7.13. The zero-order valence-corrected chi connectivity index (χ0v) is 12.0. The lowest BCUT2D eigenvalue weighted by atomic mass is 10.2. The predicted molar refractivity (Wildman–Crippen MR) is 76.8 cm³/mol. The number of carbonyl (C=O) groups excluding carboxylic acids is 1. The highest BCUT2D eigenvalue weighted by Gasteiger charge is 2.10. The quantitative estimate of drug-likeness (QED) is 0.859. The summed E-state index contributed by atoms with van der Waals surface area (Å²) in [5.74, 6) is -0.880. The third kappa shape index (κ3) is 4.00. The van der Waals surface area contributed by atoms with Gasteiger partial charge in [0.2, 0.25) is 0 Å². The molecule has 5 nitrogen and oxygen atoms in total. The number of thiazole rings is 1. The Hall–Kier alpha value is -2.46. The minimum atomic E-state index is -0.531. The van der Waals surface area contributed by atoms with Crippen LogP contribution < -0.4 is 5.32 Å². The molecule has 0 fully saturated rings. The third-order valence-electron chi connectivity index (χ3n) is 2.52. The molecule has 0 aliphatic carbocycles. The number of benzene rings is 1. The van der Waals surface area contributed by atoms with Gasteiger partial charge in [-0.3, -0.25) is 4.79 Å². The number of anilines is 2. The van der Waals surface area contributed by atoms with Crippen LogP contribution >= 0.6 is 11.3 Å². The van der Waals surface area contributed by atoms with Crippen LogP contribution in [0.1, 0.15) is 18.2 Å². The van der Waals surface area contributed by atoms with Crippen LogP contribution in [0.5, 0.6) is 0 Å². The van der Waals surface area contributed by atoms with Crippen molar-refractivity contribution in [2.24, 2.45) is 0 Å². The first kappa shape index (κ1) is 14.9. The molecule has 2 aromatic rings. The van der Waals surface area contributed by atoms with Gasteiger partial charge in [-0.05, 0) is 25.1 Å². The van der Waals surface area contributed by atoms with Crippen LogP contribution in [-0.2, 0) is 16.0 Å². The second-order valence-corrected chi connectivity index (χ2v) is 4.92. The summed E-state index contributed by atoms with van der Waals surface area (Å²) in [5, 5.41) is 13.7. The van der Waals surface area contributed by atoms with Crippen molar-refractivity contribution in [3.05, 3.63) is 40.7 Å². The fourth-order valence-corrected chi connectivity index (χ4v) is 2.33. The number of halogens is 1. The Balaban J connectivity index is 2.06. The fraction of sp³-hybridized carbons (Fsp3) is 0.214. The molecule has 1 heterocycles. The molecule has 0 saturated carbocycles. The highest BCUT2D eigenvalue weighted by Crippen LogP contribution is 2.24. The molecule has 1 aromatic carbocycles. The van der Waals surface area contributed by atoms with Crippen LogP contribution in [0.25, 0.3) is 0 Å². The van der Waals surface area contributed by atoms with E-state index in [9.17, 15) is 9.18 Å². The molecule has 0 atom stereocenters. The number of aromatic nitrogens is 1. The minimum absolute atomic E-state index is 0.0852. The molecule has 2 rings (SSSR count). The summed E-state index contributed by atoms with van der Waals surface area (Å²) in [4.78, 5) is 15.5. The SMILES string of the molecule is CCOC(=O)Cc1csc(Nc2ccc(C#N)cc2F)n1. The van der Waals surface area contributed by atoms with Gasteiger partial charge in [-0.2, -0.15) is 5.26 Å². The van der Waals surface area contributed by atoms with Crippen molar-refractivity contribution in [3.8, 4) is 6.07 Å². The molecular formula is C14H12FN3O2S. The number of hydrogen-bond acceptors (Lipinski definition) is 6. The number of ether oxygens (including phenoxy) is 1. The maximum Gasteiger partial charge on any atom is 0.311 e. The molecule has 0 aliphatic heterocycles. The van der Waals surface area contributed by atoms with Crippen LogP contribution in [0.3, 0.4) is 0 Å². The van der Waals surface area contributed by atoms with Crippen LogP contribution in [-0.4, -0.2) is 17.6 Å². The Bertz CT molecular complexity index is 694. The van der Waals surface area contributed by atoms with Gasteiger partial charge in [0.25, 0.3) is 0 Å². The van der Waals surface area contributed by atoms with E-state index >= 15 is 0 Å². The van der Waals surface area contributed by atoms with Gasteiger partial charge in [0.15, 0.2) is 5.13 Å². The van der Waals surface area contributed by atoms with Crippen LogP contribution in [0.4, 0.5) is 15.2 Å². The standard InChI is InChI=1S/C14H12FN3O2S/c1-2-20-13(19)6-10-8-21-14(17-10)18-12-4-3-9(7-16)5-11(12)15/h3-5,8H,2,6H2,1H3,(H,17,18). The van der Waals surface area contributed by atoms with Gasteiger partial charge in [-0.25, -0.2) is 9.37 Å². The fourth-order valence-electron chi connectivity index (χ4n) is 1.61. The Morgan fingerprint density at radius 2 is 2.38 bits per heavy atom. The molecule has 1 N–H and O–H groups in total. The van der Waals surface area contributed by atoms with Crippen molar-refractivity contribution in [3.63, 3.8) is 0 Å². The molecule has 0 aliphatic rings. The highest BCUT2D eigenvalue weighted by atomic mass is 32.1. The smallest absolute Gasteiger partial charge is 0.311 e. The Morgan fingerprint density at radius 3 is 3.05 bits per heavy atom. The van der Waals surface area contributed by atoms with E-state index in [1.54, 1.807) is 12.3 Å². The van der Waals surface area contributed by atoms with E-state index < -0.39 is 5.82 Å². The number of hydrogen-bond donors (Lipinski definition) is 1. The molecule has 0 spiro atoms. The zero-order valence-electron chi connectivity index (χ0n) is 11.2. The lowest BCUT2D eigenvalue weighted by Crippen LogP contribution is -2.07. The summed E-state index contributed by atoms with van der Waals surface area (Å²) in [6.07, 6.45) is 0.0852. The van der Waals surface area contributed by atoms with Gasteiger partial charge in [0.05, 0.1) is 36.0 Å². The average molecular weight is 305 g/mol. The Labute approximate surface area is 125 Å². The van der Waals surface area contributed by atoms with E-state index in [0.717, 1.165) is 6.07 Å². The molecule has 0 bridgehead atoms. The summed E-state index contributed by atoms with van der Waals surface area (Å²) >= 11 is 1.26. The second-order valence-electron chi connectivity index (χ2n) is 4.06. The first-order chi connectivity index (χ1) is 10.1. The number of esters is 1. The van der Waals surface area contributed by atoms with E-state index in [1.807, 2.05) is 6.07 Å². The predicted octanol–water partition coefficient (Wildman–Crippen LogP) is 3.00. The van der Waals surface area contributed by atoms with Crippen molar-refractivity contribution < 1.29 is 13.9 Å². The number of nitrogens with zero attached hydrogens (tertiary/aromatic N) is 2. The zero-order chi connectivity index (χ0) is 15.2. The molecule has 108 valence electrons. The number of nitriles is 1. The molecule has 0 unspecified atom stereocenters. The third-order valence-corrected chi connectivity index (χ3v) is 3.33. The largest absolute Gasteiger partial charge is 0.466 e. The molecular weight excluding hydrogens is 293 g/mol. The first-order valence-electron chi connectivity index (χ1n) is 6.19. The summed E-state index contributed by atoms with van der Waals surface area (Å²) in [7, 11) is 0. The van der Waals surface area contributed by atoms with Gasteiger partial charge in [-0.1, -0.05) is 0 Å². The van der Waals surface area contributed by atoms with Gasteiger partial charge >= 0.3 is 5.97 Å². The minimum Gasteiger partial charge on any atom is -0.466 e. The van der Waals surface area contributed by atoms with E-state index in [2.05, 4.69) is 10.3 Å². The van der Waals surface area contributed by atoms with Crippen LogP contribution in [0.2, 0.25) is 0 Å². The van der Waals surface area contributed by atoms with E-state index in [4.69, 9.17) is 10.00 Å². The molecule has 7 heteroatoms. The number of rotatable bonds is 5. The molecule has 1 aromatic heterocycles. The van der Waals surface area contributed by atoms with E-state index in [0.29, 0.717) is 17.4 Å². The summed E-state index contributed by atoms with van der Waals surface area (Å²) < 4.78 is 18.6. The first-order valence-corrected chi connectivity index (χ1v) is 7.07. The van der Waals surface area contributed by atoms with Crippen molar-refractivity contribution in [1.82, 2.24) is 4.98 Å². The summed E-state index contributed by atoms with van der Waals surface area (Å²) in [6, 6.07) is 6.00. The van der Waals surface area contributed by atoms with Crippen molar-refractivity contribution in [2.45, 2.75) is 13.3 Å². The number of carbonyl (C=O) groups is 1. The van der Waals surface area contributed by atoms with E-state index in [1.165, 1.54) is 23.5 Å². The average Bonchev–Trinajstić information content (AvgIpc) is 2.88. The van der Waals surface area contributed by atoms with Crippen molar-refractivity contribution >= 4 is 28.1 Å². The van der Waals surface area contributed by atoms with Gasteiger partial charge < -0.3 is 10.1 Å². The second kappa shape index (κ2) is 6.81. The van der Waals surface area contributed by atoms with Gasteiger partial charge in [0, 0.05) is 5.38 Å².